The summed E-state index contributed by atoms with van der Waals surface area (Å²) in [6, 6.07) is 9.22. The fourth-order valence-electron chi connectivity index (χ4n) is 2.74. The molecule has 1 aromatic carbocycles. The Morgan fingerprint density at radius 3 is 2.71 bits per heavy atom. The third-order valence-electron chi connectivity index (χ3n) is 4.11. The molecule has 0 atom stereocenters. The second kappa shape index (κ2) is 6.00. The van der Waals surface area contributed by atoms with Crippen molar-refractivity contribution in [2.75, 3.05) is 19.6 Å². The van der Waals surface area contributed by atoms with Crippen molar-refractivity contribution in [3.8, 4) is 0 Å². The molecule has 4 nitrogen and oxygen atoms in total. The summed E-state index contributed by atoms with van der Waals surface area (Å²) in [5, 5.41) is 1.61. The van der Waals surface area contributed by atoms with Gasteiger partial charge in [-0.05, 0) is 43.5 Å². The number of halogens is 1. The first-order chi connectivity index (χ1) is 10.2. The molecule has 1 aliphatic rings. The summed E-state index contributed by atoms with van der Waals surface area (Å²) in [5.74, 6) is 0.532. The first-order valence-corrected chi connectivity index (χ1v) is 7.61. The molecule has 1 aliphatic heterocycles. The van der Waals surface area contributed by atoms with Crippen molar-refractivity contribution in [2.24, 2.45) is 11.7 Å². The molecule has 2 heterocycles. The highest BCUT2D eigenvalue weighted by Crippen LogP contribution is 2.20. The Balaban J connectivity index is 1.81. The monoisotopic (exact) mass is 303 g/mol. The number of amides is 1. The summed E-state index contributed by atoms with van der Waals surface area (Å²) in [5.41, 5.74) is 6.92. The van der Waals surface area contributed by atoms with E-state index in [1.54, 1.807) is 12.1 Å². The summed E-state index contributed by atoms with van der Waals surface area (Å²) in [6.07, 6.45) is 1.95. The van der Waals surface area contributed by atoms with E-state index in [0.717, 1.165) is 36.8 Å². The average molecular weight is 304 g/mol. The first-order valence-electron chi connectivity index (χ1n) is 7.23. The SMILES string of the molecule is NCC1CCN(C(=O)c2ccc3ccc(Cl)cc3n2)CC1. The maximum absolute atomic E-state index is 12.5. The number of benzene rings is 1. The van der Waals surface area contributed by atoms with Gasteiger partial charge in [0.25, 0.3) is 5.91 Å². The van der Waals surface area contributed by atoms with Crippen LogP contribution in [0.4, 0.5) is 0 Å². The second-order valence-electron chi connectivity index (χ2n) is 5.50. The Hall–Kier alpha value is -1.65. The minimum absolute atomic E-state index is 0.00709. The van der Waals surface area contributed by atoms with Crippen molar-refractivity contribution in [2.45, 2.75) is 12.8 Å². The van der Waals surface area contributed by atoms with Crippen LogP contribution in [0.5, 0.6) is 0 Å². The van der Waals surface area contributed by atoms with Crippen LogP contribution in [0.3, 0.4) is 0 Å². The fourth-order valence-corrected chi connectivity index (χ4v) is 2.91. The number of likely N-dealkylation sites (tertiary alicyclic amines) is 1. The van der Waals surface area contributed by atoms with Gasteiger partial charge in [0.15, 0.2) is 0 Å². The number of piperidine rings is 1. The largest absolute Gasteiger partial charge is 0.337 e. The van der Waals surface area contributed by atoms with E-state index >= 15 is 0 Å². The smallest absolute Gasteiger partial charge is 0.272 e. The Morgan fingerprint density at radius 1 is 1.29 bits per heavy atom. The van der Waals surface area contributed by atoms with Crippen LogP contribution in [0.25, 0.3) is 10.9 Å². The number of rotatable bonds is 2. The van der Waals surface area contributed by atoms with Crippen LogP contribution in [0.15, 0.2) is 30.3 Å². The highest BCUT2D eigenvalue weighted by atomic mass is 35.5. The number of aromatic nitrogens is 1. The van der Waals surface area contributed by atoms with Crippen LogP contribution >= 0.6 is 11.6 Å². The molecule has 5 heteroatoms. The lowest BCUT2D eigenvalue weighted by Crippen LogP contribution is -2.40. The molecular formula is C16H18ClN3O. The number of carbonyl (C=O) groups excluding carboxylic acids is 1. The topological polar surface area (TPSA) is 59.2 Å². The number of fused-ring (bicyclic) bond motifs is 1. The number of nitrogens with zero attached hydrogens (tertiary/aromatic N) is 2. The number of hydrogen-bond donors (Lipinski definition) is 1. The van der Waals surface area contributed by atoms with Gasteiger partial charge in [-0.2, -0.15) is 0 Å². The van der Waals surface area contributed by atoms with Crippen molar-refractivity contribution in [3.63, 3.8) is 0 Å². The number of carbonyl (C=O) groups is 1. The minimum Gasteiger partial charge on any atom is -0.337 e. The van der Waals surface area contributed by atoms with E-state index in [1.165, 1.54) is 0 Å². The molecule has 2 aromatic rings. The molecule has 0 saturated carbocycles. The molecule has 3 rings (SSSR count). The molecule has 110 valence electrons. The molecule has 0 unspecified atom stereocenters. The summed E-state index contributed by atoms with van der Waals surface area (Å²) in [6.45, 7) is 2.22. The normalized spacial score (nSPS) is 16.4. The molecule has 0 spiro atoms. The zero-order valence-corrected chi connectivity index (χ0v) is 12.5. The standard InChI is InChI=1S/C16H18ClN3O/c17-13-3-1-12-2-4-14(19-15(12)9-13)16(21)20-7-5-11(10-18)6-8-20/h1-4,9,11H,5-8,10,18H2. The van der Waals surface area contributed by atoms with Crippen LogP contribution in [0, 0.1) is 5.92 Å². The van der Waals surface area contributed by atoms with Gasteiger partial charge in [0.2, 0.25) is 0 Å². The minimum atomic E-state index is -0.00709. The molecule has 1 aromatic heterocycles. The van der Waals surface area contributed by atoms with Gasteiger partial charge in [0.1, 0.15) is 5.69 Å². The summed E-state index contributed by atoms with van der Waals surface area (Å²) in [4.78, 5) is 18.8. The number of nitrogens with two attached hydrogens (primary N) is 1. The Labute approximate surface area is 128 Å². The first kappa shape index (κ1) is 14.3. The van der Waals surface area contributed by atoms with E-state index in [9.17, 15) is 4.79 Å². The lowest BCUT2D eigenvalue weighted by atomic mass is 9.97. The predicted molar refractivity (Wildman–Crippen MR) is 84.4 cm³/mol. The van der Waals surface area contributed by atoms with Gasteiger partial charge in [-0.1, -0.05) is 23.7 Å². The second-order valence-corrected chi connectivity index (χ2v) is 5.94. The molecule has 0 aliphatic carbocycles. The molecular weight excluding hydrogens is 286 g/mol. The van der Waals surface area contributed by atoms with Gasteiger partial charge in [-0.15, -0.1) is 0 Å². The van der Waals surface area contributed by atoms with Crippen LogP contribution < -0.4 is 5.73 Å². The zero-order valence-electron chi connectivity index (χ0n) is 11.8. The quantitative estimate of drug-likeness (QED) is 0.928. The van der Waals surface area contributed by atoms with Gasteiger partial charge in [0.05, 0.1) is 5.52 Å². The summed E-state index contributed by atoms with van der Waals surface area (Å²) >= 11 is 5.98. The third kappa shape index (κ3) is 3.01. The van der Waals surface area contributed by atoms with Crippen molar-refractivity contribution in [1.29, 1.82) is 0 Å². The molecule has 0 radical (unpaired) electrons. The van der Waals surface area contributed by atoms with Crippen molar-refractivity contribution >= 4 is 28.4 Å². The van der Waals surface area contributed by atoms with Gasteiger partial charge in [0, 0.05) is 23.5 Å². The molecule has 1 fully saturated rings. The average Bonchev–Trinajstić information content (AvgIpc) is 2.53. The van der Waals surface area contributed by atoms with E-state index in [2.05, 4.69) is 4.98 Å². The Kier molecular flexibility index (Phi) is 4.08. The van der Waals surface area contributed by atoms with Crippen molar-refractivity contribution in [1.82, 2.24) is 9.88 Å². The maximum Gasteiger partial charge on any atom is 0.272 e. The fraction of sp³-hybridized carbons (Fsp3) is 0.375. The van der Waals surface area contributed by atoms with E-state index in [-0.39, 0.29) is 5.91 Å². The summed E-state index contributed by atoms with van der Waals surface area (Å²) in [7, 11) is 0. The van der Waals surface area contributed by atoms with Crippen molar-refractivity contribution < 1.29 is 4.79 Å². The predicted octanol–water partition coefficient (Wildman–Crippen LogP) is 2.70. The number of pyridine rings is 1. The molecule has 0 bridgehead atoms. The van der Waals surface area contributed by atoms with Gasteiger partial charge < -0.3 is 10.6 Å². The molecule has 1 amide bonds. The van der Waals surface area contributed by atoms with E-state index in [1.807, 2.05) is 23.1 Å². The summed E-state index contributed by atoms with van der Waals surface area (Å²) < 4.78 is 0. The van der Waals surface area contributed by atoms with Crippen LogP contribution in [0.2, 0.25) is 5.02 Å². The number of hydrogen-bond acceptors (Lipinski definition) is 3. The van der Waals surface area contributed by atoms with Crippen LogP contribution in [-0.2, 0) is 0 Å². The zero-order chi connectivity index (χ0) is 14.8. The molecule has 2 N–H and O–H groups in total. The van der Waals surface area contributed by atoms with Gasteiger partial charge in [-0.3, -0.25) is 4.79 Å². The Bertz CT molecular complexity index is 666. The van der Waals surface area contributed by atoms with E-state index in [0.29, 0.717) is 23.2 Å². The highest BCUT2D eigenvalue weighted by molar-refractivity contribution is 6.31. The van der Waals surface area contributed by atoms with Gasteiger partial charge in [-0.25, -0.2) is 4.98 Å². The van der Waals surface area contributed by atoms with E-state index < -0.39 is 0 Å². The van der Waals surface area contributed by atoms with Crippen molar-refractivity contribution in [3.05, 3.63) is 41.0 Å². The van der Waals surface area contributed by atoms with Crippen LogP contribution in [0.1, 0.15) is 23.3 Å². The lowest BCUT2D eigenvalue weighted by Gasteiger charge is -2.31. The van der Waals surface area contributed by atoms with E-state index in [4.69, 9.17) is 17.3 Å². The maximum atomic E-state index is 12.5. The van der Waals surface area contributed by atoms with Gasteiger partial charge >= 0.3 is 0 Å². The highest BCUT2D eigenvalue weighted by Gasteiger charge is 2.23. The molecule has 21 heavy (non-hydrogen) atoms. The third-order valence-corrected chi connectivity index (χ3v) is 4.34. The van der Waals surface area contributed by atoms with Crippen LogP contribution in [-0.4, -0.2) is 35.4 Å². The lowest BCUT2D eigenvalue weighted by molar-refractivity contribution is 0.0688. The molecule has 1 saturated heterocycles. The Morgan fingerprint density at radius 2 is 2.00 bits per heavy atom.